The fourth-order valence-electron chi connectivity index (χ4n) is 2.15. The standard InChI is InChI=1S/C13H25N3O2/c1-4-16(10-13(18)15(2)3)12(17)9-14-11-7-5-6-8-11/h11,14H,4-10H2,1-3H3. The lowest BCUT2D eigenvalue weighted by Crippen LogP contribution is -2.45. The van der Waals surface area contributed by atoms with Crippen molar-refractivity contribution in [1.82, 2.24) is 15.1 Å². The van der Waals surface area contributed by atoms with E-state index in [1.54, 1.807) is 19.0 Å². The van der Waals surface area contributed by atoms with Crippen LogP contribution in [0.15, 0.2) is 0 Å². The van der Waals surface area contributed by atoms with Gasteiger partial charge in [0.15, 0.2) is 0 Å². The Bertz CT molecular complexity index is 286. The van der Waals surface area contributed by atoms with Crippen LogP contribution in [0, 0.1) is 0 Å². The van der Waals surface area contributed by atoms with Crippen LogP contribution in [0.2, 0.25) is 0 Å². The van der Waals surface area contributed by atoms with Crippen LogP contribution in [0.5, 0.6) is 0 Å². The number of hydrogen-bond donors (Lipinski definition) is 1. The summed E-state index contributed by atoms with van der Waals surface area (Å²) >= 11 is 0. The van der Waals surface area contributed by atoms with Crippen molar-refractivity contribution in [3.8, 4) is 0 Å². The van der Waals surface area contributed by atoms with Crippen LogP contribution >= 0.6 is 0 Å². The van der Waals surface area contributed by atoms with E-state index in [1.807, 2.05) is 6.92 Å². The maximum Gasteiger partial charge on any atom is 0.241 e. The number of amides is 2. The van der Waals surface area contributed by atoms with E-state index in [-0.39, 0.29) is 18.4 Å². The van der Waals surface area contributed by atoms with Crippen molar-refractivity contribution in [2.75, 3.05) is 33.7 Å². The minimum Gasteiger partial charge on any atom is -0.347 e. The summed E-state index contributed by atoms with van der Waals surface area (Å²) in [5.41, 5.74) is 0. The predicted molar refractivity (Wildman–Crippen MR) is 71.2 cm³/mol. The molecule has 0 spiro atoms. The second-order valence-electron chi connectivity index (χ2n) is 5.06. The molecule has 1 aliphatic carbocycles. The fraction of sp³-hybridized carbons (Fsp3) is 0.846. The third-order valence-corrected chi connectivity index (χ3v) is 3.46. The number of hydrogen-bond acceptors (Lipinski definition) is 3. The average molecular weight is 255 g/mol. The summed E-state index contributed by atoms with van der Waals surface area (Å²) in [6, 6.07) is 0.484. The molecule has 0 aromatic heterocycles. The molecule has 0 aliphatic heterocycles. The molecule has 5 nitrogen and oxygen atoms in total. The van der Waals surface area contributed by atoms with E-state index in [2.05, 4.69) is 5.32 Å². The van der Waals surface area contributed by atoms with Gasteiger partial charge in [-0.1, -0.05) is 12.8 Å². The molecule has 1 fully saturated rings. The first kappa shape index (κ1) is 15.0. The van der Waals surface area contributed by atoms with E-state index in [9.17, 15) is 9.59 Å². The molecule has 1 saturated carbocycles. The maximum absolute atomic E-state index is 12.0. The lowest BCUT2D eigenvalue weighted by atomic mass is 10.2. The van der Waals surface area contributed by atoms with Crippen molar-refractivity contribution in [3.63, 3.8) is 0 Å². The lowest BCUT2D eigenvalue weighted by molar-refractivity contribution is -0.138. The van der Waals surface area contributed by atoms with Crippen molar-refractivity contribution in [2.45, 2.75) is 38.6 Å². The highest BCUT2D eigenvalue weighted by Gasteiger charge is 2.19. The molecule has 1 aliphatic rings. The molecule has 5 heteroatoms. The Hall–Kier alpha value is -1.10. The SMILES string of the molecule is CCN(CC(=O)N(C)C)C(=O)CNC1CCCC1. The van der Waals surface area contributed by atoms with Crippen LogP contribution in [0.25, 0.3) is 0 Å². The van der Waals surface area contributed by atoms with E-state index in [1.165, 1.54) is 17.7 Å². The van der Waals surface area contributed by atoms with Crippen LogP contribution in [-0.4, -0.2) is 61.4 Å². The molecule has 2 amide bonds. The molecule has 0 saturated heterocycles. The molecule has 18 heavy (non-hydrogen) atoms. The molecule has 0 aromatic carbocycles. The van der Waals surface area contributed by atoms with Crippen LogP contribution < -0.4 is 5.32 Å². The zero-order chi connectivity index (χ0) is 13.5. The van der Waals surface area contributed by atoms with E-state index >= 15 is 0 Å². The zero-order valence-corrected chi connectivity index (χ0v) is 11.7. The number of carbonyl (C=O) groups excluding carboxylic acids is 2. The highest BCUT2D eigenvalue weighted by atomic mass is 16.2. The minimum atomic E-state index is -0.0360. The molecule has 1 N–H and O–H groups in total. The van der Waals surface area contributed by atoms with Gasteiger partial charge in [-0.05, 0) is 19.8 Å². The molecule has 0 heterocycles. The van der Waals surface area contributed by atoms with E-state index in [0.717, 1.165) is 12.8 Å². The summed E-state index contributed by atoms with van der Waals surface area (Å²) < 4.78 is 0. The molecular formula is C13H25N3O2. The van der Waals surface area contributed by atoms with Crippen LogP contribution in [0.4, 0.5) is 0 Å². The van der Waals surface area contributed by atoms with Gasteiger partial charge in [0.1, 0.15) is 0 Å². The van der Waals surface area contributed by atoms with Gasteiger partial charge in [0.05, 0.1) is 13.1 Å². The number of rotatable bonds is 6. The van der Waals surface area contributed by atoms with Crippen molar-refractivity contribution in [1.29, 1.82) is 0 Å². The van der Waals surface area contributed by atoms with E-state index in [4.69, 9.17) is 0 Å². The Balaban J connectivity index is 2.34. The molecule has 1 rings (SSSR count). The summed E-state index contributed by atoms with van der Waals surface area (Å²) in [5.74, 6) is -0.0225. The number of nitrogens with one attached hydrogen (secondary N) is 1. The van der Waals surface area contributed by atoms with Crippen LogP contribution in [-0.2, 0) is 9.59 Å². The zero-order valence-electron chi connectivity index (χ0n) is 11.7. The van der Waals surface area contributed by atoms with Gasteiger partial charge in [-0.15, -0.1) is 0 Å². The Morgan fingerprint density at radius 3 is 2.28 bits per heavy atom. The van der Waals surface area contributed by atoms with E-state index in [0.29, 0.717) is 19.1 Å². The van der Waals surface area contributed by atoms with Crippen molar-refractivity contribution in [2.24, 2.45) is 0 Å². The Morgan fingerprint density at radius 2 is 1.78 bits per heavy atom. The van der Waals surface area contributed by atoms with Crippen molar-refractivity contribution < 1.29 is 9.59 Å². The van der Waals surface area contributed by atoms with Gasteiger partial charge in [0, 0.05) is 26.7 Å². The van der Waals surface area contributed by atoms with E-state index < -0.39 is 0 Å². The largest absolute Gasteiger partial charge is 0.347 e. The molecule has 104 valence electrons. The summed E-state index contributed by atoms with van der Waals surface area (Å²) in [7, 11) is 3.41. The molecule has 0 bridgehead atoms. The molecule has 0 aromatic rings. The van der Waals surface area contributed by atoms with Crippen molar-refractivity contribution >= 4 is 11.8 Å². The third-order valence-electron chi connectivity index (χ3n) is 3.46. The fourth-order valence-corrected chi connectivity index (χ4v) is 2.15. The molecule has 0 unspecified atom stereocenters. The smallest absolute Gasteiger partial charge is 0.241 e. The molecule has 0 radical (unpaired) electrons. The van der Waals surface area contributed by atoms with Gasteiger partial charge in [0.25, 0.3) is 0 Å². The average Bonchev–Trinajstić information content (AvgIpc) is 2.85. The summed E-state index contributed by atoms with van der Waals surface area (Å²) in [5, 5.41) is 3.28. The molecular weight excluding hydrogens is 230 g/mol. The summed E-state index contributed by atoms with van der Waals surface area (Å²) in [6.45, 7) is 3.00. The first-order valence-electron chi connectivity index (χ1n) is 6.76. The van der Waals surface area contributed by atoms with Crippen molar-refractivity contribution in [3.05, 3.63) is 0 Å². The van der Waals surface area contributed by atoms with Gasteiger partial charge in [-0.25, -0.2) is 0 Å². The lowest BCUT2D eigenvalue weighted by Gasteiger charge is -2.23. The van der Waals surface area contributed by atoms with Crippen LogP contribution in [0.3, 0.4) is 0 Å². The van der Waals surface area contributed by atoms with Crippen LogP contribution in [0.1, 0.15) is 32.6 Å². The Labute approximate surface area is 110 Å². The Kier molecular flexibility index (Phi) is 6.12. The predicted octanol–water partition coefficient (Wildman–Crippen LogP) is 0.455. The normalized spacial score (nSPS) is 15.7. The van der Waals surface area contributed by atoms with Gasteiger partial charge in [0.2, 0.25) is 11.8 Å². The molecule has 0 atom stereocenters. The number of carbonyl (C=O) groups is 2. The first-order chi connectivity index (χ1) is 8.54. The quantitative estimate of drug-likeness (QED) is 0.750. The third kappa shape index (κ3) is 4.64. The summed E-state index contributed by atoms with van der Waals surface area (Å²) in [4.78, 5) is 26.7. The maximum atomic E-state index is 12.0. The Morgan fingerprint density at radius 1 is 1.17 bits per heavy atom. The monoisotopic (exact) mass is 255 g/mol. The van der Waals surface area contributed by atoms with Gasteiger partial charge >= 0.3 is 0 Å². The number of likely N-dealkylation sites (N-methyl/N-ethyl adjacent to an activating group) is 2. The van der Waals surface area contributed by atoms with Gasteiger partial charge < -0.3 is 15.1 Å². The highest BCUT2D eigenvalue weighted by Crippen LogP contribution is 2.17. The highest BCUT2D eigenvalue weighted by molar-refractivity contribution is 5.85. The van der Waals surface area contributed by atoms with Gasteiger partial charge in [-0.2, -0.15) is 0 Å². The topological polar surface area (TPSA) is 52.7 Å². The van der Waals surface area contributed by atoms with Gasteiger partial charge in [-0.3, -0.25) is 9.59 Å². The minimum absolute atomic E-state index is 0.0135. The second kappa shape index (κ2) is 7.36. The summed E-state index contributed by atoms with van der Waals surface area (Å²) in [6.07, 6.45) is 4.83. The second-order valence-corrected chi connectivity index (χ2v) is 5.06. The first-order valence-corrected chi connectivity index (χ1v) is 6.76. The number of nitrogens with zero attached hydrogens (tertiary/aromatic N) is 2.